The molecule has 2 N–H and O–H groups in total. The summed E-state index contributed by atoms with van der Waals surface area (Å²) >= 11 is 0. The molecule has 2 aromatic rings. The molecule has 5 nitrogen and oxygen atoms in total. The first-order valence-electron chi connectivity index (χ1n) is 6.00. The van der Waals surface area contributed by atoms with Crippen molar-refractivity contribution in [2.45, 2.75) is 5.54 Å². The first kappa shape index (κ1) is 13.5. The van der Waals surface area contributed by atoms with Gasteiger partial charge in [-0.2, -0.15) is 0 Å². The normalized spacial score (nSPS) is 20.5. The van der Waals surface area contributed by atoms with Gasteiger partial charge >= 0.3 is 0 Å². The molecule has 8 heteroatoms. The first-order chi connectivity index (χ1) is 10.1. The lowest BCUT2D eigenvalue weighted by Gasteiger charge is -2.27. The van der Waals surface area contributed by atoms with Crippen molar-refractivity contribution in [1.29, 1.82) is 0 Å². The maximum Gasteiger partial charge on any atom is 0.194 e. The predicted octanol–water partition coefficient (Wildman–Crippen LogP) is 2.45. The molecule has 1 aliphatic heterocycles. The van der Waals surface area contributed by atoms with Crippen LogP contribution in [0.5, 0.6) is 0 Å². The van der Waals surface area contributed by atoms with Crippen molar-refractivity contribution in [3.05, 3.63) is 59.8 Å². The van der Waals surface area contributed by atoms with Gasteiger partial charge in [0.05, 0.1) is 0 Å². The van der Waals surface area contributed by atoms with Gasteiger partial charge in [0.25, 0.3) is 0 Å². The number of benzene rings is 1. The Morgan fingerprint density at radius 2 is 2.00 bits per heavy atom. The number of nitrogens with one attached hydrogen (secondary N) is 2. The van der Waals surface area contributed by atoms with E-state index in [1.165, 1.54) is 12.5 Å². The molecule has 2 heterocycles. The summed E-state index contributed by atoms with van der Waals surface area (Å²) in [4.78, 5) is 4.94. The molecule has 1 aromatic carbocycles. The Morgan fingerprint density at radius 1 is 1.24 bits per heavy atom. The monoisotopic (exact) mass is 297 g/mol. The molecular weight excluding hydrogens is 287 g/mol. The van der Waals surface area contributed by atoms with Gasteiger partial charge in [0, 0.05) is 12.6 Å². The Hall–Kier alpha value is -2.48. The average Bonchev–Trinajstić information content (AvgIpc) is 3.14. The number of rotatable bonds is 4. The molecule has 0 spiro atoms. The van der Waals surface area contributed by atoms with Crippen LogP contribution in [0.15, 0.2) is 41.3 Å². The number of hydrogen-bond acceptors (Lipinski definition) is 5. The summed E-state index contributed by atoms with van der Waals surface area (Å²) in [5, 5.41) is 6.59. The lowest BCUT2D eigenvalue weighted by molar-refractivity contribution is 0.102. The van der Waals surface area contributed by atoms with E-state index < -0.39 is 23.0 Å². The first-order valence-corrected chi connectivity index (χ1v) is 6.00. The van der Waals surface area contributed by atoms with Gasteiger partial charge in [-0.3, -0.25) is 0 Å². The van der Waals surface area contributed by atoms with Crippen molar-refractivity contribution in [2.75, 3.05) is 11.9 Å². The van der Waals surface area contributed by atoms with E-state index in [0.717, 1.165) is 12.1 Å². The van der Waals surface area contributed by atoms with Crippen LogP contribution in [0.1, 0.15) is 5.56 Å². The summed E-state index contributed by atoms with van der Waals surface area (Å²) in [6.07, 6.45) is 4.27. The maximum atomic E-state index is 13.4. The summed E-state index contributed by atoms with van der Waals surface area (Å²) in [5.74, 6) is -3.61. The second-order valence-electron chi connectivity index (χ2n) is 4.49. The van der Waals surface area contributed by atoms with E-state index in [9.17, 15) is 13.2 Å². The quantitative estimate of drug-likeness (QED) is 0.849. The van der Waals surface area contributed by atoms with Crippen LogP contribution in [-0.2, 0) is 10.4 Å². The molecule has 21 heavy (non-hydrogen) atoms. The fourth-order valence-corrected chi connectivity index (χ4v) is 2.02. The largest absolute Gasteiger partial charge is 0.416 e. The molecule has 0 saturated heterocycles. The molecule has 3 rings (SSSR count). The fraction of sp³-hybridized carbons (Fsp3) is 0.154. The Morgan fingerprint density at radius 3 is 2.57 bits per heavy atom. The van der Waals surface area contributed by atoms with Crippen LogP contribution in [-0.4, -0.2) is 11.7 Å². The minimum absolute atomic E-state index is 0.153. The van der Waals surface area contributed by atoms with Crippen molar-refractivity contribution in [1.82, 2.24) is 10.6 Å². The number of hydroxylamine groups is 1. The summed E-state index contributed by atoms with van der Waals surface area (Å²) in [5.41, 5.74) is 1.74. The zero-order valence-electron chi connectivity index (χ0n) is 10.6. The van der Waals surface area contributed by atoms with Gasteiger partial charge < -0.3 is 14.7 Å². The lowest BCUT2D eigenvalue weighted by Crippen LogP contribution is -2.42. The number of halogens is 3. The molecule has 1 aliphatic rings. The van der Waals surface area contributed by atoms with Crippen molar-refractivity contribution in [3.8, 4) is 0 Å². The topological polar surface area (TPSA) is 59.3 Å². The standard InChI is InChI=1S/C13H10F3N3O2/c14-9-5-8(6-10(15)12(9)16)13(2-4-21-19-13)7-17-11-1-3-20-18-11/h1-6,19H,7H2,(H,17,18). The SMILES string of the molecule is Fc1cc(C2(CNc3ccon3)C=CON2)cc(F)c1F. The van der Waals surface area contributed by atoms with E-state index in [1.54, 1.807) is 12.1 Å². The molecule has 1 unspecified atom stereocenters. The third-order valence-electron chi connectivity index (χ3n) is 3.15. The van der Waals surface area contributed by atoms with Crippen molar-refractivity contribution in [2.24, 2.45) is 0 Å². The summed E-state index contributed by atoms with van der Waals surface area (Å²) in [7, 11) is 0. The van der Waals surface area contributed by atoms with Crippen molar-refractivity contribution < 1.29 is 22.5 Å². The van der Waals surface area contributed by atoms with Gasteiger partial charge in [0.2, 0.25) is 0 Å². The van der Waals surface area contributed by atoms with Gasteiger partial charge in [0.15, 0.2) is 23.3 Å². The van der Waals surface area contributed by atoms with Crippen molar-refractivity contribution in [3.63, 3.8) is 0 Å². The molecule has 0 amide bonds. The Labute approximate surface area is 117 Å². The van der Waals surface area contributed by atoms with Gasteiger partial charge in [-0.05, 0) is 23.8 Å². The van der Waals surface area contributed by atoms with Crippen LogP contribution < -0.4 is 10.8 Å². The second kappa shape index (κ2) is 5.13. The number of nitrogens with zero attached hydrogens (tertiary/aromatic N) is 1. The van der Waals surface area contributed by atoms with Gasteiger partial charge in [-0.15, -0.1) is 5.48 Å². The van der Waals surface area contributed by atoms with E-state index in [2.05, 4.69) is 20.5 Å². The van der Waals surface area contributed by atoms with Gasteiger partial charge in [-0.1, -0.05) is 5.16 Å². The van der Waals surface area contributed by atoms with Crippen LogP contribution >= 0.6 is 0 Å². The highest BCUT2D eigenvalue weighted by atomic mass is 19.2. The lowest BCUT2D eigenvalue weighted by atomic mass is 9.90. The van der Waals surface area contributed by atoms with E-state index in [1.807, 2.05) is 0 Å². The van der Waals surface area contributed by atoms with Gasteiger partial charge in [0.1, 0.15) is 18.1 Å². The molecular formula is C13H10F3N3O2. The molecule has 1 aromatic heterocycles. The summed E-state index contributed by atoms with van der Waals surface area (Å²) < 4.78 is 44.6. The maximum absolute atomic E-state index is 13.4. The van der Waals surface area contributed by atoms with Crippen molar-refractivity contribution >= 4 is 5.82 Å². The molecule has 0 bridgehead atoms. The highest BCUT2D eigenvalue weighted by molar-refractivity contribution is 5.38. The number of aromatic nitrogens is 1. The highest BCUT2D eigenvalue weighted by Gasteiger charge is 2.35. The minimum Gasteiger partial charge on any atom is -0.416 e. The molecule has 0 saturated carbocycles. The number of hydrogen-bond donors (Lipinski definition) is 2. The molecule has 110 valence electrons. The second-order valence-corrected chi connectivity index (χ2v) is 4.49. The van der Waals surface area contributed by atoms with E-state index in [4.69, 9.17) is 4.84 Å². The zero-order valence-corrected chi connectivity index (χ0v) is 10.6. The third-order valence-corrected chi connectivity index (χ3v) is 3.15. The van der Waals surface area contributed by atoms with Crippen LogP contribution in [0.2, 0.25) is 0 Å². The average molecular weight is 297 g/mol. The highest BCUT2D eigenvalue weighted by Crippen LogP contribution is 2.29. The number of anilines is 1. The van der Waals surface area contributed by atoms with Crippen LogP contribution in [0.3, 0.4) is 0 Å². The van der Waals surface area contributed by atoms with Crippen LogP contribution in [0.4, 0.5) is 19.0 Å². The molecule has 0 radical (unpaired) electrons. The smallest absolute Gasteiger partial charge is 0.194 e. The Kier molecular flexibility index (Phi) is 3.30. The zero-order chi connectivity index (χ0) is 14.9. The molecule has 1 atom stereocenters. The van der Waals surface area contributed by atoms with Crippen LogP contribution in [0, 0.1) is 17.5 Å². The predicted molar refractivity (Wildman–Crippen MR) is 66.3 cm³/mol. The summed E-state index contributed by atoms with van der Waals surface area (Å²) in [6.45, 7) is 0.153. The van der Waals surface area contributed by atoms with E-state index in [0.29, 0.717) is 5.82 Å². The molecule has 0 aliphatic carbocycles. The fourth-order valence-electron chi connectivity index (χ4n) is 2.02. The Bertz CT molecular complexity index is 652. The van der Waals surface area contributed by atoms with Gasteiger partial charge in [-0.25, -0.2) is 13.2 Å². The van der Waals surface area contributed by atoms with Crippen LogP contribution in [0.25, 0.3) is 0 Å². The summed E-state index contributed by atoms with van der Waals surface area (Å²) in [6, 6.07) is 3.41. The molecule has 0 fully saturated rings. The minimum atomic E-state index is -1.51. The van der Waals surface area contributed by atoms with E-state index >= 15 is 0 Å². The van der Waals surface area contributed by atoms with E-state index in [-0.39, 0.29) is 12.1 Å². The third kappa shape index (κ3) is 2.45. The Balaban J connectivity index is 1.92.